The largest absolute Gasteiger partial charge is 0.377 e. The van der Waals surface area contributed by atoms with Gasteiger partial charge in [0.2, 0.25) is 0 Å². The standard InChI is InChI=1S/C14H20BrNO/c1-11-4-5-14(13(8-11)9-15)16-6-3-7-17-12(2)10-16/h4-5,8,12H,3,6-7,9-10H2,1-2H3. The number of nitrogens with zero attached hydrogens (tertiary/aromatic N) is 1. The second kappa shape index (κ2) is 5.87. The van der Waals surface area contributed by atoms with E-state index in [4.69, 9.17) is 4.74 Å². The van der Waals surface area contributed by atoms with Crippen LogP contribution in [-0.2, 0) is 10.1 Å². The number of hydrogen-bond acceptors (Lipinski definition) is 2. The van der Waals surface area contributed by atoms with Gasteiger partial charge in [0.1, 0.15) is 0 Å². The summed E-state index contributed by atoms with van der Waals surface area (Å²) in [5.74, 6) is 0. The van der Waals surface area contributed by atoms with Crippen LogP contribution in [0.25, 0.3) is 0 Å². The summed E-state index contributed by atoms with van der Waals surface area (Å²) < 4.78 is 5.70. The van der Waals surface area contributed by atoms with Crippen molar-refractivity contribution in [1.29, 1.82) is 0 Å². The third kappa shape index (κ3) is 3.23. The smallest absolute Gasteiger partial charge is 0.0721 e. The van der Waals surface area contributed by atoms with Gasteiger partial charge in [-0.3, -0.25) is 0 Å². The van der Waals surface area contributed by atoms with Crippen molar-refractivity contribution in [2.45, 2.75) is 31.7 Å². The molecule has 1 heterocycles. The van der Waals surface area contributed by atoms with Crippen LogP contribution in [0.1, 0.15) is 24.5 Å². The molecular formula is C14H20BrNO. The molecule has 0 bridgehead atoms. The first-order valence-corrected chi connectivity index (χ1v) is 7.35. The number of alkyl halides is 1. The second-order valence-corrected chi connectivity index (χ2v) is 5.31. The molecule has 1 aromatic rings. The predicted octanol–water partition coefficient (Wildman–Crippen LogP) is 3.51. The number of anilines is 1. The predicted molar refractivity (Wildman–Crippen MR) is 76.1 cm³/mol. The summed E-state index contributed by atoms with van der Waals surface area (Å²) >= 11 is 3.59. The van der Waals surface area contributed by atoms with E-state index < -0.39 is 0 Å². The molecule has 1 unspecified atom stereocenters. The van der Waals surface area contributed by atoms with Crippen LogP contribution in [0.2, 0.25) is 0 Å². The molecule has 0 radical (unpaired) electrons. The number of hydrogen-bond donors (Lipinski definition) is 0. The summed E-state index contributed by atoms with van der Waals surface area (Å²) in [6, 6.07) is 6.70. The Labute approximate surface area is 112 Å². The average molecular weight is 298 g/mol. The quantitative estimate of drug-likeness (QED) is 0.775. The Morgan fingerprint density at radius 1 is 1.47 bits per heavy atom. The molecule has 94 valence electrons. The lowest BCUT2D eigenvalue weighted by molar-refractivity contribution is 0.0821. The van der Waals surface area contributed by atoms with Crippen molar-refractivity contribution < 1.29 is 4.74 Å². The topological polar surface area (TPSA) is 12.5 Å². The number of aryl methyl sites for hydroxylation is 1. The van der Waals surface area contributed by atoms with E-state index in [0.717, 1.165) is 31.4 Å². The Hall–Kier alpha value is -0.540. The summed E-state index contributed by atoms with van der Waals surface area (Å²) in [6.07, 6.45) is 1.43. The minimum atomic E-state index is 0.321. The molecule has 0 N–H and O–H groups in total. The maximum Gasteiger partial charge on any atom is 0.0721 e. The van der Waals surface area contributed by atoms with Gasteiger partial charge in [-0.05, 0) is 31.9 Å². The fourth-order valence-corrected chi connectivity index (χ4v) is 2.79. The minimum absolute atomic E-state index is 0.321. The van der Waals surface area contributed by atoms with Crippen molar-refractivity contribution in [3.63, 3.8) is 0 Å². The van der Waals surface area contributed by atoms with Gasteiger partial charge in [-0.15, -0.1) is 0 Å². The van der Waals surface area contributed by atoms with Crippen LogP contribution in [0.3, 0.4) is 0 Å². The third-order valence-electron chi connectivity index (χ3n) is 3.17. The van der Waals surface area contributed by atoms with Gasteiger partial charge >= 0.3 is 0 Å². The Morgan fingerprint density at radius 2 is 2.29 bits per heavy atom. The van der Waals surface area contributed by atoms with E-state index in [0.29, 0.717) is 6.10 Å². The van der Waals surface area contributed by atoms with Gasteiger partial charge in [0, 0.05) is 30.7 Å². The molecule has 1 aromatic carbocycles. The van der Waals surface area contributed by atoms with Crippen LogP contribution < -0.4 is 4.90 Å². The van der Waals surface area contributed by atoms with Gasteiger partial charge in [0.05, 0.1) is 6.10 Å². The minimum Gasteiger partial charge on any atom is -0.377 e. The normalized spacial score (nSPS) is 21.4. The van der Waals surface area contributed by atoms with E-state index in [1.807, 2.05) is 0 Å². The van der Waals surface area contributed by atoms with E-state index in [-0.39, 0.29) is 0 Å². The molecule has 1 aliphatic rings. The SMILES string of the molecule is Cc1ccc(N2CCCOC(C)C2)c(CBr)c1. The molecule has 3 heteroatoms. The molecule has 1 fully saturated rings. The van der Waals surface area contributed by atoms with Crippen molar-refractivity contribution in [3.8, 4) is 0 Å². The molecule has 0 aromatic heterocycles. The maximum absolute atomic E-state index is 5.70. The second-order valence-electron chi connectivity index (χ2n) is 4.75. The highest BCUT2D eigenvalue weighted by Gasteiger charge is 2.17. The van der Waals surface area contributed by atoms with E-state index >= 15 is 0 Å². The van der Waals surface area contributed by atoms with Gasteiger partial charge in [0.15, 0.2) is 0 Å². The van der Waals surface area contributed by atoms with Crippen LogP contribution in [-0.4, -0.2) is 25.8 Å². The van der Waals surface area contributed by atoms with Crippen molar-refractivity contribution in [3.05, 3.63) is 29.3 Å². The molecule has 1 aliphatic heterocycles. The third-order valence-corrected chi connectivity index (χ3v) is 3.78. The van der Waals surface area contributed by atoms with Gasteiger partial charge < -0.3 is 9.64 Å². The zero-order chi connectivity index (χ0) is 12.3. The van der Waals surface area contributed by atoms with Crippen molar-refractivity contribution >= 4 is 21.6 Å². The Kier molecular flexibility index (Phi) is 4.46. The van der Waals surface area contributed by atoms with Crippen LogP contribution in [0.15, 0.2) is 18.2 Å². The van der Waals surface area contributed by atoms with Crippen molar-refractivity contribution in [1.82, 2.24) is 0 Å². The van der Waals surface area contributed by atoms with Crippen LogP contribution >= 0.6 is 15.9 Å². The first kappa shape index (κ1) is 12.9. The van der Waals surface area contributed by atoms with E-state index in [1.54, 1.807) is 0 Å². The molecule has 2 nitrogen and oxygen atoms in total. The van der Waals surface area contributed by atoms with E-state index in [9.17, 15) is 0 Å². The molecule has 0 spiro atoms. The molecule has 17 heavy (non-hydrogen) atoms. The maximum atomic E-state index is 5.70. The monoisotopic (exact) mass is 297 g/mol. The van der Waals surface area contributed by atoms with Crippen LogP contribution in [0.4, 0.5) is 5.69 Å². The van der Waals surface area contributed by atoms with E-state index in [2.05, 4.69) is 52.9 Å². The summed E-state index contributed by atoms with van der Waals surface area (Å²) in [5.41, 5.74) is 4.05. The molecule has 1 saturated heterocycles. The average Bonchev–Trinajstić information content (AvgIpc) is 2.53. The van der Waals surface area contributed by atoms with Gasteiger partial charge in [0.25, 0.3) is 0 Å². The molecule has 2 rings (SSSR count). The number of benzene rings is 1. The molecule has 0 amide bonds. The van der Waals surface area contributed by atoms with Crippen molar-refractivity contribution in [2.24, 2.45) is 0 Å². The van der Waals surface area contributed by atoms with E-state index in [1.165, 1.54) is 16.8 Å². The van der Waals surface area contributed by atoms with Gasteiger partial charge in [-0.25, -0.2) is 0 Å². The highest BCUT2D eigenvalue weighted by Crippen LogP contribution is 2.25. The Morgan fingerprint density at radius 3 is 3.06 bits per heavy atom. The molecule has 1 atom stereocenters. The first-order chi connectivity index (χ1) is 8.20. The van der Waals surface area contributed by atoms with Gasteiger partial charge in [-0.2, -0.15) is 0 Å². The number of rotatable bonds is 2. The zero-order valence-corrected chi connectivity index (χ0v) is 12.2. The number of halogens is 1. The highest BCUT2D eigenvalue weighted by atomic mass is 79.9. The molecular weight excluding hydrogens is 278 g/mol. The lowest BCUT2D eigenvalue weighted by atomic mass is 10.1. The fourth-order valence-electron chi connectivity index (χ4n) is 2.34. The summed E-state index contributed by atoms with van der Waals surface area (Å²) in [4.78, 5) is 2.45. The zero-order valence-electron chi connectivity index (χ0n) is 10.6. The van der Waals surface area contributed by atoms with Crippen LogP contribution in [0, 0.1) is 6.92 Å². The van der Waals surface area contributed by atoms with Gasteiger partial charge in [-0.1, -0.05) is 33.6 Å². The summed E-state index contributed by atoms with van der Waals surface area (Å²) in [6.45, 7) is 7.26. The fraction of sp³-hybridized carbons (Fsp3) is 0.571. The molecule has 0 saturated carbocycles. The lowest BCUT2D eigenvalue weighted by Crippen LogP contribution is -2.30. The summed E-state index contributed by atoms with van der Waals surface area (Å²) in [7, 11) is 0. The Balaban J connectivity index is 2.25. The molecule has 0 aliphatic carbocycles. The number of ether oxygens (including phenoxy) is 1. The summed E-state index contributed by atoms with van der Waals surface area (Å²) in [5, 5.41) is 0.912. The highest BCUT2D eigenvalue weighted by molar-refractivity contribution is 9.08. The Bertz CT molecular complexity index is 380. The first-order valence-electron chi connectivity index (χ1n) is 6.22. The van der Waals surface area contributed by atoms with Crippen molar-refractivity contribution in [2.75, 3.05) is 24.6 Å². The van der Waals surface area contributed by atoms with Crippen LogP contribution in [0.5, 0.6) is 0 Å². The lowest BCUT2D eigenvalue weighted by Gasteiger charge is -2.26.